The molecule has 1 aromatic rings. The van der Waals surface area contributed by atoms with Gasteiger partial charge in [0, 0.05) is 19.6 Å². The summed E-state index contributed by atoms with van der Waals surface area (Å²) < 4.78 is 1.91. The summed E-state index contributed by atoms with van der Waals surface area (Å²) in [7, 11) is 1.98. The minimum absolute atomic E-state index is 0.766. The predicted molar refractivity (Wildman–Crippen MR) is 71.4 cm³/mol. The maximum Gasteiger partial charge on any atom is 0.0860 e. The summed E-state index contributed by atoms with van der Waals surface area (Å²) >= 11 is 6.28. The molecular weight excluding hydrogens is 246 g/mol. The highest BCUT2D eigenvalue weighted by atomic mass is 35.5. The Morgan fingerprint density at radius 1 is 1.33 bits per heavy atom. The quantitative estimate of drug-likeness (QED) is 0.910. The van der Waals surface area contributed by atoms with Gasteiger partial charge in [-0.1, -0.05) is 11.6 Å². The smallest absolute Gasteiger partial charge is 0.0860 e. The average molecular weight is 266 g/mol. The van der Waals surface area contributed by atoms with Crippen molar-refractivity contribution < 1.29 is 0 Å². The SMILES string of the molecule is Cc1nn(C)c(CNC2C3C4CCC(C4)C23)c1Cl. The summed E-state index contributed by atoms with van der Waals surface area (Å²) in [6.45, 7) is 2.84. The molecule has 3 aliphatic rings. The second kappa shape index (κ2) is 3.73. The lowest BCUT2D eigenvalue weighted by Crippen LogP contribution is -2.23. The van der Waals surface area contributed by atoms with Crippen molar-refractivity contribution in [2.75, 3.05) is 0 Å². The molecule has 4 atom stereocenters. The highest BCUT2D eigenvalue weighted by molar-refractivity contribution is 6.31. The molecule has 0 amide bonds. The molecule has 1 aromatic heterocycles. The third-order valence-electron chi connectivity index (χ3n) is 5.50. The van der Waals surface area contributed by atoms with Crippen LogP contribution in [0.15, 0.2) is 0 Å². The van der Waals surface area contributed by atoms with Gasteiger partial charge in [0.2, 0.25) is 0 Å². The van der Waals surface area contributed by atoms with Gasteiger partial charge in [-0.2, -0.15) is 5.10 Å². The summed E-state index contributed by atoms with van der Waals surface area (Å²) in [6.07, 6.45) is 4.48. The molecule has 3 saturated carbocycles. The van der Waals surface area contributed by atoms with Crippen LogP contribution in [0.25, 0.3) is 0 Å². The monoisotopic (exact) mass is 265 g/mol. The second-order valence-electron chi connectivity index (χ2n) is 6.36. The van der Waals surface area contributed by atoms with Crippen LogP contribution in [0.1, 0.15) is 30.7 Å². The highest BCUT2D eigenvalue weighted by Gasteiger charge is 2.64. The molecule has 1 N–H and O–H groups in total. The van der Waals surface area contributed by atoms with E-state index in [1.807, 2.05) is 18.7 Å². The minimum atomic E-state index is 0.766. The molecule has 3 fully saturated rings. The van der Waals surface area contributed by atoms with E-state index >= 15 is 0 Å². The number of aromatic nitrogens is 2. The van der Waals surface area contributed by atoms with E-state index in [2.05, 4.69) is 10.4 Å². The summed E-state index contributed by atoms with van der Waals surface area (Å²) in [6, 6.07) is 0.766. The van der Waals surface area contributed by atoms with E-state index < -0.39 is 0 Å². The molecule has 2 bridgehead atoms. The molecule has 0 aliphatic heterocycles. The summed E-state index contributed by atoms with van der Waals surface area (Å²) in [4.78, 5) is 0. The van der Waals surface area contributed by atoms with E-state index in [9.17, 15) is 0 Å². The summed E-state index contributed by atoms with van der Waals surface area (Å²) in [5.41, 5.74) is 2.07. The van der Waals surface area contributed by atoms with Crippen molar-refractivity contribution in [2.45, 2.75) is 38.8 Å². The van der Waals surface area contributed by atoms with Crippen molar-refractivity contribution in [2.24, 2.45) is 30.7 Å². The first-order chi connectivity index (χ1) is 8.66. The number of rotatable bonds is 3. The van der Waals surface area contributed by atoms with Crippen LogP contribution in [-0.4, -0.2) is 15.8 Å². The lowest BCUT2D eigenvalue weighted by atomic mass is 10.0. The largest absolute Gasteiger partial charge is 0.308 e. The Bertz CT molecular complexity index is 479. The molecule has 18 heavy (non-hydrogen) atoms. The van der Waals surface area contributed by atoms with Gasteiger partial charge < -0.3 is 5.32 Å². The zero-order chi connectivity index (χ0) is 12.4. The number of fused-ring (bicyclic) bond motifs is 5. The van der Waals surface area contributed by atoms with E-state index in [0.29, 0.717) is 0 Å². The van der Waals surface area contributed by atoms with Gasteiger partial charge in [-0.05, 0) is 49.9 Å². The normalized spacial score (nSPS) is 40.3. The Morgan fingerprint density at radius 2 is 2.00 bits per heavy atom. The molecule has 3 aliphatic carbocycles. The van der Waals surface area contributed by atoms with Crippen molar-refractivity contribution in [3.8, 4) is 0 Å². The predicted octanol–water partition coefficient (Wildman–Crippen LogP) is 2.52. The Labute approximate surface area is 113 Å². The molecular formula is C14H20ClN3. The van der Waals surface area contributed by atoms with Crippen LogP contribution in [0.5, 0.6) is 0 Å². The van der Waals surface area contributed by atoms with Gasteiger partial charge in [-0.3, -0.25) is 4.68 Å². The summed E-state index contributed by atoms with van der Waals surface area (Å²) in [5.74, 6) is 4.02. The summed E-state index contributed by atoms with van der Waals surface area (Å²) in [5, 5.41) is 8.93. The fourth-order valence-corrected chi connectivity index (χ4v) is 4.91. The molecule has 3 nitrogen and oxygen atoms in total. The first kappa shape index (κ1) is 11.3. The van der Waals surface area contributed by atoms with Gasteiger partial charge in [0.25, 0.3) is 0 Å². The van der Waals surface area contributed by atoms with E-state index in [4.69, 9.17) is 11.6 Å². The van der Waals surface area contributed by atoms with Crippen LogP contribution in [0, 0.1) is 30.6 Å². The number of aryl methyl sites for hydroxylation is 2. The topological polar surface area (TPSA) is 29.9 Å². The van der Waals surface area contributed by atoms with Gasteiger partial charge in [-0.15, -0.1) is 0 Å². The molecule has 1 heterocycles. The third-order valence-corrected chi connectivity index (χ3v) is 5.99. The Hall–Kier alpha value is -0.540. The van der Waals surface area contributed by atoms with Crippen LogP contribution < -0.4 is 5.32 Å². The molecule has 0 saturated heterocycles. The standard InChI is InChI=1S/C14H20ClN3/c1-7-13(15)10(18(2)17-7)6-16-14-11-8-3-4-9(5-8)12(11)14/h8-9,11-12,14,16H,3-6H2,1-2H3. The van der Waals surface area contributed by atoms with Gasteiger partial charge in [0.15, 0.2) is 0 Å². The van der Waals surface area contributed by atoms with Gasteiger partial charge >= 0.3 is 0 Å². The van der Waals surface area contributed by atoms with Crippen LogP contribution in [-0.2, 0) is 13.6 Å². The van der Waals surface area contributed by atoms with Gasteiger partial charge in [0.05, 0.1) is 16.4 Å². The molecule has 0 spiro atoms. The van der Waals surface area contributed by atoms with E-state index in [1.54, 1.807) is 0 Å². The maximum atomic E-state index is 6.28. The number of halogens is 1. The van der Waals surface area contributed by atoms with Crippen molar-refractivity contribution in [1.29, 1.82) is 0 Å². The second-order valence-corrected chi connectivity index (χ2v) is 6.74. The molecule has 0 aromatic carbocycles. The fourth-order valence-electron chi connectivity index (χ4n) is 4.68. The average Bonchev–Trinajstić information content (AvgIpc) is 2.66. The van der Waals surface area contributed by atoms with Crippen molar-refractivity contribution >= 4 is 11.6 Å². The van der Waals surface area contributed by atoms with Crippen LogP contribution in [0.2, 0.25) is 5.02 Å². The maximum absolute atomic E-state index is 6.28. The van der Waals surface area contributed by atoms with E-state index in [0.717, 1.165) is 52.7 Å². The Morgan fingerprint density at radius 3 is 2.56 bits per heavy atom. The van der Waals surface area contributed by atoms with E-state index in [1.165, 1.54) is 19.3 Å². The zero-order valence-corrected chi connectivity index (χ0v) is 11.7. The lowest BCUT2D eigenvalue weighted by molar-refractivity contribution is 0.456. The Balaban J connectivity index is 1.43. The fraction of sp³-hybridized carbons (Fsp3) is 0.786. The van der Waals surface area contributed by atoms with Crippen molar-refractivity contribution in [3.05, 3.63) is 16.4 Å². The highest BCUT2D eigenvalue weighted by Crippen LogP contribution is 2.65. The molecule has 4 unspecified atom stereocenters. The minimum Gasteiger partial charge on any atom is -0.308 e. The number of hydrogen-bond acceptors (Lipinski definition) is 2. The molecule has 4 heteroatoms. The third kappa shape index (κ3) is 1.44. The van der Waals surface area contributed by atoms with Crippen molar-refractivity contribution in [1.82, 2.24) is 15.1 Å². The van der Waals surface area contributed by atoms with Crippen molar-refractivity contribution in [3.63, 3.8) is 0 Å². The number of hydrogen-bond donors (Lipinski definition) is 1. The van der Waals surface area contributed by atoms with Gasteiger partial charge in [0.1, 0.15) is 0 Å². The first-order valence-electron chi connectivity index (χ1n) is 7.08. The zero-order valence-electron chi connectivity index (χ0n) is 11.0. The van der Waals surface area contributed by atoms with Crippen LogP contribution in [0.3, 0.4) is 0 Å². The van der Waals surface area contributed by atoms with Gasteiger partial charge in [-0.25, -0.2) is 0 Å². The number of nitrogens with one attached hydrogen (secondary N) is 1. The van der Waals surface area contributed by atoms with Crippen LogP contribution >= 0.6 is 11.6 Å². The lowest BCUT2D eigenvalue weighted by Gasteiger charge is -2.10. The number of nitrogens with zero attached hydrogens (tertiary/aromatic N) is 2. The molecule has 4 rings (SSSR count). The first-order valence-corrected chi connectivity index (χ1v) is 7.46. The van der Waals surface area contributed by atoms with Crippen LogP contribution in [0.4, 0.5) is 0 Å². The Kier molecular flexibility index (Phi) is 2.34. The molecule has 0 radical (unpaired) electrons. The molecule has 98 valence electrons. The van der Waals surface area contributed by atoms with E-state index in [-0.39, 0.29) is 0 Å².